The Morgan fingerprint density at radius 1 is 1.22 bits per heavy atom. The number of nitrogens with one attached hydrogen (secondary N) is 2. The zero-order valence-corrected chi connectivity index (χ0v) is 15.6. The molecule has 3 rings (SSSR count). The van der Waals surface area contributed by atoms with E-state index >= 15 is 0 Å². The van der Waals surface area contributed by atoms with E-state index in [-0.39, 0.29) is 29.9 Å². The molecule has 3 amide bonds. The SMILES string of the molecule is CC(NC(=O)NC1CCC(C(=O)O)CC1)c1cccc(N2CCCC2=O)c1. The number of anilines is 1. The van der Waals surface area contributed by atoms with Crippen LogP contribution in [0.25, 0.3) is 0 Å². The third-order valence-electron chi connectivity index (χ3n) is 5.51. The predicted octanol–water partition coefficient (Wildman–Crippen LogP) is 2.82. The molecule has 7 heteroatoms. The highest BCUT2D eigenvalue weighted by molar-refractivity contribution is 5.95. The first kappa shape index (κ1) is 19.2. The Morgan fingerprint density at radius 2 is 1.96 bits per heavy atom. The maximum absolute atomic E-state index is 12.3. The highest BCUT2D eigenvalue weighted by Gasteiger charge is 2.27. The summed E-state index contributed by atoms with van der Waals surface area (Å²) in [7, 11) is 0. The van der Waals surface area contributed by atoms with Crippen molar-refractivity contribution >= 4 is 23.6 Å². The summed E-state index contributed by atoms with van der Waals surface area (Å²) in [4.78, 5) is 37.0. The number of carboxylic acid groups (broad SMARTS) is 1. The second kappa shape index (κ2) is 8.41. The molecule has 27 heavy (non-hydrogen) atoms. The lowest BCUT2D eigenvalue weighted by Gasteiger charge is -2.27. The molecule has 146 valence electrons. The largest absolute Gasteiger partial charge is 0.481 e. The Bertz CT molecular complexity index is 713. The summed E-state index contributed by atoms with van der Waals surface area (Å²) in [5.74, 6) is -0.897. The molecule has 1 aromatic carbocycles. The fourth-order valence-corrected chi connectivity index (χ4v) is 3.87. The lowest BCUT2D eigenvalue weighted by Crippen LogP contribution is -2.44. The number of nitrogens with zero attached hydrogens (tertiary/aromatic N) is 1. The van der Waals surface area contributed by atoms with Crippen LogP contribution in [0, 0.1) is 5.92 Å². The van der Waals surface area contributed by atoms with Crippen molar-refractivity contribution in [3.63, 3.8) is 0 Å². The van der Waals surface area contributed by atoms with Crippen molar-refractivity contribution in [2.45, 2.75) is 57.5 Å². The number of carbonyl (C=O) groups excluding carboxylic acids is 2. The molecule has 0 bridgehead atoms. The first-order valence-electron chi connectivity index (χ1n) is 9.64. The van der Waals surface area contributed by atoms with Crippen LogP contribution in [-0.2, 0) is 9.59 Å². The minimum absolute atomic E-state index is 0.0151. The number of hydrogen-bond donors (Lipinski definition) is 3. The van der Waals surface area contributed by atoms with Crippen molar-refractivity contribution in [2.75, 3.05) is 11.4 Å². The van der Waals surface area contributed by atoms with Crippen molar-refractivity contribution in [2.24, 2.45) is 5.92 Å². The summed E-state index contributed by atoms with van der Waals surface area (Å²) < 4.78 is 0. The quantitative estimate of drug-likeness (QED) is 0.739. The van der Waals surface area contributed by atoms with Gasteiger partial charge in [-0.15, -0.1) is 0 Å². The van der Waals surface area contributed by atoms with Crippen LogP contribution < -0.4 is 15.5 Å². The maximum atomic E-state index is 12.3. The van der Waals surface area contributed by atoms with Gasteiger partial charge in [0.25, 0.3) is 0 Å². The van der Waals surface area contributed by atoms with Gasteiger partial charge in [-0.1, -0.05) is 12.1 Å². The van der Waals surface area contributed by atoms with Gasteiger partial charge >= 0.3 is 12.0 Å². The number of aliphatic carboxylic acids is 1. The molecule has 0 spiro atoms. The third-order valence-corrected chi connectivity index (χ3v) is 5.51. The molecule has 3 N–H and O–H groups in total. The molecule has 1 heterocycles. The minimum Gasteiger partial charge on any atom is -0.481 e. The summed E-state index contributed by atoms with van der Waals surface area (Å²) in [6.07, 6.45) is 4.04. The van der Waals surface area contributed by atoms with Crippen LogP contribution in [0.3, 0.4) is 0 Å². The van der Waals surface area contributed by atoms with Crippen LogP contribution >= 0.6 is 0 Å². The fraction of sp³-hybridized carbons (Fsp3) is 0.550. The summed E-state index contributed by atoms with van der Waals surface area (Å²) in [6, 6.07) is 7.28. The van der Waals surface area contributed by atoms with Gasteiger partial charge in [-0.05, 0) is 56.7 Å². The van der Waals surface area contributed by atoms with Crippen LogP contribution in [0.5, 0.6) is 0 Å². The number of benzene rings is 1. The third kappa shape index (κ3) is 4.78. The summed E-state index contributed by atoms with van der Waals surface area (Å²) in [5, 5.41) is 14.9. The lowest BCUT2D eigenvalue weighted by atomic mass is 9.86. The smallest absolute Gasteiger partial charge is 0.315 e. The first-order chi connectivity index (χ1) is 12.9. The molecule has 1 atom stereocenters. The van der Waals surface area contributed by atoms with E-state index in [1.807, 2.05) is 31.2 Å². The molecule has 1 aromatic rings. The zero-order chi connectivity index (χ0) is 19.4. The molecule has 1 unspecified atom stereocenters. The molecule has 0 radical (unpaired) electrons. The monoisotopic (exact) mass is 373 g/mol. The van der Waals surface area contributed by atoms with Gasteiger partial charge in [0.05, 0.1) is 12.0 Å². The van der Waals surface area contributed by atoms with Crippen molar-refractivity contribution in [1.29, 1.82) is 0 Å². The van der Waals surface area contributed by atoms with Gasteiger partial charge in [0.1, 0.15) is 0 Å². The Hall–Kier alpha value is -2.57. The van der Waals surface area contributed by atoms with Gasteiger partial charge in [0.15, 0.2) is 0 Å². The second-order valence-electron chi connectivity index (χ2n) is 7.47. The van der Waals surface area contributed by atoms with Crippen molar-refractivity contribution in [3.05, 3.63) is 29.8 Å². The standard InChI is InChI=1S/C20H27N3O4/c1-13(15-4-2-5-17(12-15)23-11-3-6-18(23)24)21-20(27)22-16-9-7-14(8-10-16)19(25)26/h2,4-5,12-14,16H,3,6-11H2,1H3,(H,25,26)(H2,21,22,27). The molecule has 1 aliphatic heterocycles. The van der Waals surface area contributed by atoms with Crippen LogP contribution in [0.1, 0.15) is 57.1 Å². The van der Waals surface area contributed by atoms with E-state index < -0.39 is 5.97 Å². The molecule has 1 saturated heterocycles. The molecule has 1 aliphatic carbocycles. The minimum atomic E-state index is -0.747. The molecule has 2 fully saturated rings. The Kier molecular flexibility index (Phi) is 5.98. The van der Waals surface area contributed by atoms with Crippen LogP contribution in [0.2, 0.25) is 0 Å². The highest BCUT2D eigenvalue weighted by Crippen LogP contribution is 2.26. The average molecular weight is 373 g/mol. The maximum Gasteiger partial charge on any atom is 0.315 e. The van der Waals surface area contributed by atoms with Crippen LogP contribution in [-0.4, -0.2) is 35.6 Å². The normalized spacial score (nSPS) is 23.7. The molecular weight excluding hydrogens is 346 g/mol. The molecule has 7 nitrogen and oxygen atoms in total. The number of amides is 3. The van der Waals surface area contributed by atoms with E-state index in [0.717, 1.165) is 24.2 Å². The van der Waals surface area contributed by atoms with Gasteiger partial charge in [-0.25, -0.2) is 4.79 Å². The average Bonchev–Trinajstić information content (AvgIpc) is 3.08. The second-order valence-corrected chi connectivity index (χ2v) is 7.47. The van der Waals surface area contributed by atoms with E-state index in [1.165, 1.54) is 0 Å². The summed E-state index contributed by atoms with van der Waals surface area (Å²) >= 11 is 0. The Labute approximate surface area is 159 Å². The fourth-order valence-electron chi connectivity index (χ4n) is 3.87. The van der Waals surface area contributed by atoms with Crippen molar-refractivity contribution in [1.82, 2.24) is 10.6 Å². The number of urea groups is 1. The van der Waals surface area contributed by atoms with Gasteiger partial charge in [0, 0.05) is 24.7 Å². The van der Waals surface area contributed by atoms with Gasteiger partial charge < -0.3 is 20.6 Å². The Morgan fingerprint density at radius 3 is 2.59 bits per heavy atom. The van der Waals surface area contributed by atoms with E-state index in [9.17, 15) is 14.4 Å². The van der Waals surface area contributed by atoms with E-state index in [2.05, 4.69) is 10.6 Å². The van der Waals surface area contributed by atoms with Crippen LogP contribution in [0.4, 0.5) is 10.5 Å². The number of rotatable bonds is 5. The highest BCUT2D eigenvalue weighted by atomic mass is 16.4. The number of hydrogen-bond acceptors (Lipinski definition) is 3. The topological polar surface area (TPSA) is 98.7 Å². The van der Waals surface area contributed by atoms with E-state index in [0.29, 0.717) is 32.1 Å². The molecule has 2 aliphatic rings. The zero-order valence-electron chi connectivity index (χ0n) is 15.6. The number of carbonyl (C=O) groups is 3. The molecule has 1 saturated carbocycles. The predicted molar refractivity (Wildman–Crippen MR) is 101 cm³/mol. The van der Waals surface area contributed by atoms with Crippen molar-refractivity contribution < 1.29 is 19.5 Å². The van der Waals surface area contributed by atoms with Gasteiger partial charge in [-0.2, -0.15) is 0 Å². The van der Waals surface area contributed by atoms with E-state index in [1.54, 1.807) is 4.90 Å². The Balaban J connectivity index is 1.53. The van der Waals surface area contributed by atoms with Gasteiger partial charge in [0.2, 0.25) is 5.91 Å². The number of carboxylic acids is 1. The lowest BCUT2D eigenvalue weighted by molar-refractivity contribution is -0.142. The van der Waals surface area contributed by atoms with Crippen molar-refractivity contribution in [3.8, 4) is 0 Å². The van der Waals surface area contributed by atoms with Crippen LogP contribution in [0.15, 0.2) is 24.3 Å². The molecular formula is C20H27N3O4. The summed E-state index contributed by atoms with van der Waals surface area (Å²) in [6.45, 7) is 2.65. The van der Waals surface area contributed by atoms with E-state index in [4.69, 9.17) is 5.11 Å². The summed E-state index contributed by atoms with van der Waals surface area (Å²) in [5.41, 5.74) is 1.81. The first-order valence-corrected chi connectivity index (χ1v) is 9.64. The van der Waals surface area contributed by atoms with Gasteiger partial charge in [-0.3, -0.25) is 9.59 Å². The molecule has 0 aromatic heterocycles.